The largest absolute Gasteiger partial charge is 0.479 e. The third-order valence-corrected chi connectivity index (χ3v) is 4.70. The number of carbonyl (C=O) groups is 2. The second kappa shape index (κ2) is 9.19. The molecule has 10 heteroatoms. The molecule has 0 spiro atoms. The third kappa shape index (κ3) is 4.58. The Balaban J connectivity index is 1.59. The fraction of sp³-hybridized carbons (Fsp3) is 0.400. The first kappa shape index (κ1) is 21.7. The average molecular weight is 429 g/mol. The number of halogens is 4. The van der Waals surface area contributed by atoms with Crippen LogP contribution in [-0.2, 0) is 16.1 Å². The van der Waals surface area contributed by atoms with Gasteiger partial charge in [-0.3, -0.25) is 9.59 Å². The lowest BCUT2D eigenvalue weighted by Crippen LogP contribution is -2.40. The Kier molecular flexibility index (Phi) is 6.63. The molecule has 1 amide bonds. The van der Waals surface area contributed by atoms with E-state index in [0.29, 0.717) is 32.5 Å². The number of furan rings is 1. The number of amides is 1. The Labute approximate surface area is 169 Å². The summed E-state index contributed by atoms with van der Waals surface area (Å²) in [5, 5.41) is 0. The van der Waals surface area contributed by atoms with Crippen molar-refractivity contribution in [2.45, 2.75) is 26.4 Å². The topological polar surface area (TPSA) is 69.0 Å². The molecule has 2 heterocycles. The van der Waals surface area contributed by atoms with Crippen LogP contribution in [0.2, 0.25) is 0 Å². The summed E-state index contributed by atoms with van der Waals surface area (Å²) in [5.41, 5.74) is 0. The van der Waals surface area contributed by atoms with E-state index in [1.807, 2.05) is 0 Å². The lowest BCUT2D eigenvalue weighted by Gasteiger charge is -2.30. The smallest absolute Gasteiger partial charge is 0.309 e. The van der Waals surface area contributed by atoms with Gasteiger partial charge >= 0.3 is 5.97 Å². The summed E-state index contributed by atoms with van der Waals surface area (Å²) >= 11 is 0. The first-order valence-corrected chi connectivity index (χ1v) is 9.32. The van der Waals surface area contributed by atoms with E-state index in [1.165, 1.54) is 17.0 Å². The van der Waals surface area contributed by atoms with E-state index in [4.69, 9.17) is 13.9 Å². The molecular formula is C20H19F4NO5. The molecule has 1 aromatic carbocycles. The second-order valence-electron chi connectivity index (χ2n) is 6.67. The highest BCUT2D eigenvalue weighted by atomic mass is 19.2. The Bertz CT molecular complexity index is 911. The predicted octanol–water partition coefficient (Wildman–Crippen LogP) is 3.83. The van der Waals surface area contributed by atoms with Crippen LogP contribution in [0, 0.1) is 29.2 Å². The van der Waals surface area contributed by atoms with Crippen LogP contribution in [0.1, 0.15) is 36.1 Å². The van der Waals surface area contributed by atoms with E-state index >= 15 is 0 Å². The number of esters is 1. The Hall–Kier alpha value is -3.04. The predicted molar refractivity (Wildman–Crippen MR) is 94.6 cm³/mol. The molecule has 0 aliphatic carbocycles. The summed E-state index contributed by atoms with van der Waals surface area (Å²) in [6.07, 6.45) is 0.926. The van der Waals surface area contributed by atoms with Crippen molar-refractivity contribution in [3.8, 4) is 5.75 Å². The van der Waals surface area contributed by atoms with Gasteiger partial charge in [-0.25, -0.2) is 8.78 Å². The van der Waals surface area contributed by atoms with Gasteiger partial charge in [0.1, 0.15) is 12.4 Å². The summed E-state index contributed by atoms with van der Waals surface area (Å²) < 4.78 is 68.8. The van der Waals surface area contributed by atoms with E-state index in [9.17, 15) is 27.2 Å². The van der Waals surface area contributed by atoms with E-state index in [0.717, 1.165) is 0 Å². The van der Waals surface area contributed by atoms with Crippen molar-refractivity contribution in [3.05, 3.63) is 53.0 Å². The van der Waals surface area contributed by atoms with Gasteiger partial charge in [-0.1, -0.05) is 0 Å². The maximum absolute atomic E-state index is 13.6. The SMILES string of the molecule is CCOC(=O)C1CCN(C(=O)c2ccc(COc3c(F)c(F)cc(F)c3F)o2)CC1. The fourth-order valence-corrected chi connectivity index (χ4v) is 3.13. The maximum atomic E-state index is 13.6. The van der Waals surface area contributed by atoms with Crippen LogP contribution in [0.4, 0.5) is 17.6 Å². The number of ether oxygens (including phenoxy) is 2. The highest BCUT2D eigenvalue weighted by molar-refractivity contribution is 5.91. The second-order valence-corrected chi connectivity index (χ2v) is 6.67. The average Bonchev–Trinajstić information content (AvgIpc) is 3.21. The molecule has 1 aromatic heterocycles. The Morgan fingerprint density at radius 2 is 1.73 bits per heavy atom. The molecule has 0 N–H and O–H groups in total. The fourth-order valence-electron chi connectivity index (χ4n) is 3.13. The van der Waals surface area contributed by atoms with Crippen molar-refractivity contribution in [3.63, 3.8) is 0 Å². The number of benzene rings is 1. The van der Waals surface area contributed by atoms with Crippen molar-refractivity contribution in [2.24, 2.45) is 5.92 Å². The summed E-state index contributed by atoms with van der Waals surface area (Å²) in [7, 11) is 0. The molecule has 3 rings (SSSR count). The molecule has 30 heavy (non-hydrogen) atoms. The summed E-state index contributed by atoms with van der Waals surface area (Å²) in [5.74, 6) is -8.69. The molecule has 6 nitrogen and oxygen atoms in total. The number of hydrogen-bond acceptors (Lipinski definition) is 5. The molecule has 0 unspecified atom stereocenters. The molecular weight excluding hydrogens is 410 g/mol. The van der Waals surface area contributed by atoms with Gasteiger partial charge in [0.2, 0.25) is 11.6 Å². The first-order chi connectivity index (χ1) is 14.3. The van der Waals surface area contributed by atoms with Crippen molar-refractivity contribution in [1.29, 1.82) is 0 Å². The van der Waals surface area contributed by atoms with E-state index in [-0.39, 0.29) is 29.5 Å². The van der Waals surface area contributed by atoms with Gasteiger partial charge in [0.05, 0.1) is 12.5 Å². The van der Waals surface area contributed by atoms with E-state index in [2.05, 4.69) is 0 Å². The van der Waals surface area contributed by atoms with Gasteiger partial charge in [-0.05, 0) is 31.9 Å². The lowest BCUT2D eigenvalue weighted by molar-refractivity contribution is -0.149. The molecule has 1 saturated heterocycles. The zero-order chi connectivity index (χ0) is 21.8. The third-order valence-electron chi connectivity index (χ3n) is 4.70. The number of piperidine rings is 1. The monoisotopic (exact) mass is 429 g/mol. The Morgan fingerprint density at radius 3 is 2.33 bits per heavy atom. The lowest BCUT2D eigenvalue weighted by atomic mass is 9.97. The normalized spacial score (nSPS) is 14.6. The number of rotatable bonds is 6. The number of likely N-dealkylation sites (tertiary alicyclic amines) is 1. The van der Waals surface area contributed by atoms with Gasteiger partial charge in [0.25, 0.3) is 5.91 Å². The van der Waals surface area contributed by atoms with Gasteiger partial charge in [0, 0.05) is 19.2 Å². The highest BCUT2D eigenvalue weighted by Crippen LogP contribution is 2.27. The van der Waals surface area contributed by atoms with Crippen LogP contribution in [-0.4, -0.2) is 36.5 Å². The zero-order valence-electron chi connectivity index (χ0n) is 16.1. The minimum Gasteiger partial charge on any atom is -0.479 e. The van der Waals surface area contributed by atoms with Gasteiger partial charge < -0.3 is 18.8 Å². The molecule has 1 fully saturated rings. The quantitative estimate of drug-likeness (QED) is 0.397. The summed E-state index contributed by atoms with van der Waals surface area (Å²) in [4.78, 5) is 25.8. The van der Waals surface area contributed by atoms with E-state index < -0.39 is 41.5 Å². The highest BCUT2D eigenvalue weighted by Gasteiger charge is 2.30. The van der Waals surface area contributed by atoms with Gasteiger partial charge in [0.15, 0.2) is 23.1 Å². The maximum Gasteiger partial charge on any atom is 0.309 e. The van der Waals surface area contributed by atoms with Gasteiger partial charge in [-0.2, -0.15) is 8.78 Å². The number of carbonyl (C=O) groups excluding carboxylic acids is 2. The van der Waals surface area contributed by atoms with E-state index in [1.54, 1.807) is 6.92 Å². The molecule has 1 aliphatic rings. The van der Waals surface area contributed by atoms with Crippen LogP contribution in [0.5, 0.6) is 5.75 Å². The molecule has 0 saturated carbocycles. The molecule has 2 aromatic rings. The van der Waals surface area contributed by atoms with Crippen LogP contribution in [0.25, 0.3) is 0 Å². The molecule has 0 atom stereocenters. The van der Waals surface area contributed by atoms with Crippen LogP contribution < -0.4 is 4.74 Å². The molecule has 0 radical (unpaired) electrons. The summed E-state index contributed by atoms with van der Waals surface area (Å²) in [6.45, 7) is 2.16. The van der Waals surface area contributed by atoms with Gasteiger partial charge in [-0.15, -0.1) is 0 Å². The van der Waals surface area contributed by atoms with Crippen molar-refractivity contribution in [1.82, 2.24) is 4.90 Å². The van der Waals surface area contributed by atoms with Crippen molar-refractivity contribution in [2.75, 3.05) is 19.7 Å². The standard InChI is InChI=1S/C20H19F4NO5/c1-2-28-20(27)11-5-7-25(8-6-11)19(26)15-4-3-12(30-15)10-29-18-16(23)13(21)9-14(22)17(18)24/h3-4,9,11H,2,5-8,10H2,1H3. The van der Waals surface area contributed by atoms with Crippen LogP contribution >= 0.6 is 0 Å². The Morgan fingerprint density at radius 1 is 1.10 bits per heavy atom. The minimum atomic E-state index is -1.67. The van der Waals surface area contributed by atoms with Crippen molar-refractivity contribution >= 4 is 11.9 Å². The molecule has 162 valence electrons. The number of hydrogen-bond donors (Lipinski definition) is 0. The summed E-state index contributed by atoms with van der Waals surface area (Å²) in [6, 6.07) is 2.79. The first-order valence-electron chi connectivity index (χ1n) is 9.32. The zero-order valence-corrected chi connectivity index (χ0v) is 16.1. The van der Waals surface area contributed by atoms with Crippen LogP contribution in [0.3, 0.4) is 0 Å². The van der Waals surface area contributed by atoms with Crippen LogP contribution in [0.15, 0.2) is 22.6 Å². The van der Waals surface area contributed by atoms with Crippen molar-refractivity contribution < 1.29 is 41.0 Å². The number of nitrogens with zero attached hydrogens (tertiary/aromatic N) is 1. The molecule has 0 bridgehead atoms. The minimum absolute atomic E-state index is 0.0308. The molecule has 1 aliphatic heterocycles.